The van der Waals surface area contributed by atoms with Crippen molar-refractivity contribution in [3.05, 3.63) is 65.7 Å². The van der Waals surface area contributed by atoms with Gasteiger partial charge in [-0.25, -0.2) is 0 Å². The first kappa shape index (κ1) is 20.5. The summed E-state index contributed by atoms with van der Waals surface area (Å²) in [4.78, 5) is 15.4. The predicted octanol–water partition coefficient (Wildman–Crippen LogP) is 2.85. The molecule has 8 heteroatoms. The summed E-state index contributed by atoms with van der Waals surface area (Å²) in [5.41, 5.74) is 1.90. The topological polar surface area (TPSA) is 81.5 Å². The fourth-order valence-corrected chi connectivity index (χ4v) is 4.85. The SMILES string of the molecule is COc1ccc(NC(=O)c2nnc3n2C[C@H]2CN(Cc4ccccc4OC)C[C@@H]2C3)cc1. The third kappa shape index (κ3) is 3.93. The quantitative estimate of drug-likeness (QED) is 0.644. The highest BCUT2D eigenvalue weighted by atomic mass is 16.5. The Labute approximate surface area is 187 Å². The van der Waals surface area contributed by atoms with Crippen LogP contribution in [-0.4, -0.2) is 52.9 Å². The van der Waals surface area contributed by atoms with E-state index < -0.39 is 0 Å². The van der Waals surface area contributed by atoms with Gasteiger partial charge in [0.2, 0.25) is 5.82 Å². The number of nitrogens with zero attached hydrogens (tertiary/aromatic N) is 4. The average Bonchev–Trinajstić information content (AvgIpc) is 3.41. The van der Waals surface area contributed by atoms with Crippen LogP contribution >= 0.6 is 0 Å². The van der Waals surface area contributed by atoms with Crippen LogP contribution < -0.4 is 14.8 Å². The van der Waals surface area contributed by atoms with Crippen LogP contribution in [0.4, 0.5) is 5.69 Å². The van der Waals surface area contributed by atoms with Crippen LogP contribution in [0.15, 0.2) is 48.5 Å². The Morgan fingerprint density at radius 3 is 2.56 bits per heavy atom. The molecule has 0 aliphatic carbocycles. The summed E-state index contributed by atoms with van der Waals surface area (Å²) in [5.74, 6) is 3.70. The van der Waals surface area contributed by atoms with Crippen molar-refractivity contribution in [2.24, 2.45) is 11.8 Å². The summed E-state index contributed by atoms with van der Waals surface area (Å²) in [5, 5.41) is 11.5. The summed E-state index contributed by atoms with van der Waals surface area (Å²) < 4.78 is 12.7. The number of aromatic nitrogens is 3. The van der Waals surface area contributed by atoms with Gasteiger partial charge in [-0.1, -0.05) is 18.2 Å². The molecule has 1 N–H and O–H groups in total. The monoisotopic (exact) mass is 433 g/mol. The van der Waals surface area contributed by atoms with Crippen LogP contribution in [0, 0.1) is 11.8 Å². The van der Waals surface area contributed by atoms with Crippen molar-refractivity contribution in [2.75, 3.05) is 32.6 Å². The Bertz CT molecular complexity index is 1110. The van der Waals surface area contributed by atoms with Crippen molar-refractivity contribution < 1.29 is 14.3 Å². The molecule has 3 heterocycles. The van der Waals surface area contributed by atoms with Crippen LogP contribution in [-0.2, 0) is 19.5 Å². The molecule has 0 saturated carbocycles. The number of hydrogen-bond acceptors (Lipinski definition) is 6. The van der Waals surface area contributed by atoms with Gasteiger partial charge in [0.05, 0.1) is 14.2 Å². The zero-order chi connectivity index (χ0) is 22.1. The zero-order valence-electron chi connectivity index (χ0n) is 18.3. The van der Waals surface area contributed by atoms with Crippen LogP contribution in [0.1, 0.15) is 22.0 Å². The van der Waals surface area contributed by atoms with Gasteiger partial charge in [-0.3, -0.25) is 9.69 Å². The van der Waals surface area contributed by atoms with Gasteiger partial charge in [-0.15, -0.1) is 10.2 Å². The van der Waals surface area contributed by atoms with Gasteiger partial charge in [0.1, 0.15) is 17.3 Å². The Morgan fingerprint density at radius 2 is 1.78 bits per heavy atom. The fourth-order valence-electron chi connectivity index (χ4n) is 4.85. The first-order chi connectivity index (χ1) is 15.6. The number of benzene rings is 2. The highest BCUT2D eigenvalue weighted by Crippen LogP contribution is 2.34. The molecule has 1 saturated heterocycles. The van der Waals surface area contributed by atoms with Crippen molar-refractivity contribution in [3.63, 3.8) is 0 Å². The predicted molar refractivity (Wildman–Crippen MR) is 120 cm³/mol. The lowest BCUT2D eigenvalue weighted by atomic mass is 9.89. The van der Waals surface area contributed by atoms with Gasteiger partial charge < -0.3 is 19.4 Å². The number of hydrogen-bond donors (Lipinski definition) is 1. The van der Waals surface area contributed by atoms with Crippen LogP contribution in [0.5, 0.6) is 11.5 Å². The van der Waals surface area contributed by atoms with E-state index in [1.165, 1.54) is 5.56 Å². The highest BCUT2D eigenvalue weighted by Gasteiger charge is 2.39. The number of methoxy groups -OCH3 is 2. The number of likely N-dealkylation sites (tertiary alicyclic amines) is 1. The number of rotatable bonds is 6. The molecule has 1 amide bonds. The number of anilines is 1. The molecule has 5 rings (SSSR count). The Morgan fingerprint density at radius 1 is 1.00 bits per heavy atom. The summed E-state index contributed by atoms with van der Waals surface area (Å²) in [7, 11) is 3.33. The normalized spacial score (nSPS) is 19.8. The average molecular weight is 434 g/mol. The Hall–Kier alpha value is -3.39. The minimum absolute atomic E-state index is 0.240. The number of nitrogens with one attached hydrogen (secondary N) is 1. The lowest BCUT2D eigenvalue weighted by molar-refractivity contribution is 0.100. The van der Waals surface area contributed by atoms with Crippen molar-refractivity contribution in [1.82, 2.24) is 19.7 Å². The van der Waals surface area contributed by atoms with Gasteiger partial charge >= 0.3 is 0 Å². The minimum atomic E-state index is -0.240. The second-order valence-electron chi connectivity index (χ2n) is 8.46. The molecule has 1 aromatic heterocycles. The number of para-hydroxylation sites is 1. The minimum Gasteiger partial charge on any atom is -0.497 e. The summed E-state index contributed by atoms with van der Waals surface area (Å²) >= 11 is 0. The number of ether oxygens (including phenoxy) is 2. The molecule has 0 radical (unpaired) electrons. The second kappa shape index (κ2) is 8.63. The Balaban J connectivity index is 1.26. The van der Waals surface area contributed by atoms with Gasteiger partial charge in [-0.2, -0.15) is 0 Å². The van der Waals surface area contributed by atoms with E-state index >= 15 is 0 Å². The van der Waals surface area contributed by atoms with Crippen molar-refractivity contribution in [1.29, 1.82) is 0 Å². The molecule has 2 aliphatic heterocycles. The van der Waals surface area contributed by atoms with E-state index in [0.29, 0.717) is 23.3 Å². The fraction of sp³-hybridized carbons (Fsp3) is 0.375. The molecule has 0 unspecified atom stereocenters. The smallest absolute Gasteiger partial charge is 0.293 e. The molecule has 32 heavy (non-hydrogen) atoms. The maximum atomic E-state index is 12.9. The van der Waals surface area contributed by atoms with E-state index in [1.54, 1.807) is 14.2 Å². The van der Waals surface area contributed by atoms with Crippen LogP contribution in [0.25, 0.3) is 0 Å². The van der Waals surface area contributed by atoms with Gasteiger partial charge in [0.15, 0.2) is 0 Å². The number of carbonyl (C=O) groups is 1. The molecule has 0 spiro atoms. The molecule has 8 nitrogen and oxygen atoms in total. The molecule has 2 atom stereocenters. The van der Waals surface area contributed by atoms with Crippen LogP contribution in [0.3, 0.4) is 0 Å². The zero-order valence-corrected chi connectivity index (χ0v) is 18.3. The number of amides is 1. The van der Waals surface area contributed by atoms with Crippen LogP contribution in [0.2, 0.25) is 0 Å². The molecule has 166 valence electrons. The molecular weight excluding hydrogens is 406 g/mol. The third-order valence-electron chi connectivity index (χ3n) is 6.48. The maximum absolute atomic E-state index is 12.9. The van der Waals surface area contributed by atoms with Gasteiger partial charge in [-0.05, 0) is 42.2 Å². The van der Waals surface area contributed by atoms with Gasteiger partial charge in [0, 0.05) is 43.9 Å². The molecule has 1 fully saturated rings. The van der Waals surface area contributed by atoms with Crippen molar-refractivity contribution in [2.45, 2.75) is 19.5 Å². The largest absolute Gasteiger partial charge is 0.497 e. The molecule has 3 aromatic rings. The lowest BCUT2D eigenvalue weighted by Crippen LogP contribution is -2.31. The van der Waals surface area contributed by atoms with E-state index in [-0.39, 0.29) is 5.91 Å². The van der Waals surface area contributed by atoms with E-state index in [2.05, 4.69) is 32.5 Å². The first-order valence-corrected chi connectivity index (χ1v) is 10.9. The lowest BCUT2D eigenvalue weighted by Gasteiger charge is -2.25. The first-order valence-electron chi connectivity index (χ1n) is 10.9. The summed E-state index contributed by atoms with van der Waals surface area (Å²) in [6, 6.07) is 15.4. The maximum Gasteiger partial charge on any atom is 0.293 e. The summed E-state index contributed by atoms with van der Waals surface area (Å²) in [6.07, 6.45) is 0.843. The van der Waals surface area contributed by atoms with Crippen molar-refractivity contribution >= 4 is 11.6 Å². The standard InChI is InChI=1S/C24H27N5O3/c1-31-20-9-7-19(8-10-20)25-24(30)23-27-26-22-11-17-13-28(14-18(17)15-29(22)23)12-16-5-3-4-6-21(16)32-2/h3-10,17-18H,11-15H2,1-2H3,(H,25,30)/t17-,18+/m0/s1. The second-order valence-corrected chi connectivity index (χ2v) is 8.46. The van der Waals surface area contributed by atoms with Crippen molar-refractivity contribution in [3.8, 4) is 11.5 Å². The molecule has 0 bridgehead atoms. The van der Waals surface area contributed by atoms with Gasteiger partial charge in [0.25, 0.3) is 5.91 Å². The Kier molecular flexibility index (Phi) is 5.53. The number of carbonyl (C=O) groups excluding carboxylic acids is 1. The highest BCUT2D eigenvalue weighted by molar-refractivity contribution is 6.01. The third-order valence-corrected chi connectivity index (χ3v) is 6.48. The van der Waals surface area contributed by atoms with E-state index in [9.17, 15) is 4.79 Å². The molecule has 2 aromatic carbocycles. The summed E-state index contributed by atoms with van der Waals surface area (Å²) in [6.45, 7) is 3.63. The molecule has 2 aliphatic rings. The van der Waals surface area contributed by atoms with E-state index in [0.717, 1.165) is 49.9 Å². The van der Waals surface area contributed by atoms with E-state index in [1.807, 2.05) is 41.0 Å². The number of fused-ring (bicyclic) bond motifs is 2. The van der Waals surface area contributed by atoms with E-state index in [4.69, 9.17) is 9.47 Å². The molecular formula is C24H27N5O3.